The second-order valence-corrected chi connectivity index (χ2v) is 4.09. The molecule has 0 fully saturated rings. The first-order valence-electron chi connectivity index (χ1n) is 6.08. The Morgan fingerprint density at radius 3 is 2.58 bits per heavy atom. The van der Waals surface area contributed by atoms with Crippen molar-refractivity contribution in [3.63, 3.8) is 0 Å². The second kappa shape index (κ2) is 5.71. The van der Waals surface area contributed by atoms with Crippen LogP contribution in [0, 0.1) is 0 Å². The number of nitrogens with two attached hydrogens (primary N) is 1. The van der Waals surface area contributed by atoms with E-state index in [9.17, 15) is 0 Å². The molecule has 2 aromatic rings. The van der Waals surface area contributed by atoms with Crippen LogP contribution < -0.4 is 15.2 Å². The van der Waals surface area contributed by atoms with Crippen LogP contribution in [0.4, 0.5) is 0 Å². The Balaban J connectivity index is 2.30. The smallest absolute Gasteiger partial charge is 0.171 e. The zero-order valence-electron chi connectivity index (χ0n) is 11.3. The van der Waals surface area contributed by atoms with Gasteiger partial charge in [0.05, 0.1) is 20.3 Å². The molecule has 0 aliphatic carbocycles. The third kappa shape index (κ3) is 2.68. The Labute approximate surface area is 111 Å². The molecule has 0 aliphatic heterocycles. The van der Waals surface area contributed by atoms with Gasteiger partial charge in [-0.15, -0.1) is 0 Å². The number of aryl methyl sites for hydroxylation is 1. The topological polar surface area (TPSA) is 86.1 Å². The fourth-order valence-corrected chi connectivity index (χ4v) is 1.80. The Morgan fingerprint density at radius 2 is 2.00 bits per heavy atom. The highest BCUT2D eigenvalue weighted by Crippen LogP contribution is 2.30. The Bertz CT molecular complexity index is 553. The van der Waals surface area contributed by atoms with Crippen LogP contribution in [0.5, 0.6) is 11.5 Å². The molecule has 0 aliphatic rings. The number of H-pyrrole nitrogens is 1. The average molecular weight is 262 g/mol. The largest absolute Gasteiger partial charge is 0.493 e. The minimum absolute atomic E-state index is 0.392. The molecule has 3 N–H and O–H groups in total. The summed E-state index contributed by atoms with van der Waals surface area (Å²) in [5.41, 5.74) is 7.03. The lowest BCUT2D eigenvalue weighted by Gasteiger charge is -2.12. The molecule has 1 atom stereocenters. The summed E-state index contributed by atoms with van der Waals surface area (Å²) in [6, 6.07) is 5.15. The number of hydrogen-bond acceptors (Lipinski definition) is 5. The van der Waals surface area contributed by atoms with Crippen LogP contribution in [-0.2, 0) is 6.42 Å². The third-order valence-electron chi connectivity index (χ3n) is 2.93. The summed E-state index contributed by atoms with van der Waals surface area (Å²) < 4.78 is 10.5. The molecule has 6 heteroatoms. The van der Waals surface area contributed by atoms with Crippen LogP contribution in [0.15, 0.2) is 18.2 Å². The standard InChI is InChI=1S/C13H18N4O2/c1-4-11-15-13(17-16-11)12(14)8-5-6-9(18-2)10(7-8)19-3/h5-7,12H,4,14H2,1-3H3,(H,15,16,17)/t12-/m0/s1. The fraction of sp³-hybridized carbons (Fsp3) is 0.385. The quantitative estimate of drug-likeness (QED) is 0.851. The summed E-state index contributed by atoms with van der Waals surface area (Å²) in [6.45, 7) is 2.01. The summed E-state index contributed by atoms with van der Waals surface area (Å²) >= 11 is 0. The van der Waals surface area contributed by atoms with Crippen LogP contribution in [0.1, 0.15) is 30.2 Å². The van der Waals surface area contributed by atoms with E-state index >= 15 is 0 Å². The number of ether oxygens (including phenoxy) is 2. The van der Waals surface area contributed by atoms with E-state index in [1.807, 2.05) is 25.1 Å². The van der Waals surface area contributed by atoms with E-state index in [0.717, 1.165) is 17.8 Å². The van der Waals surface area contributed by atoms with Gasteiger partial charge >= 0.3 is 0 Å². The maximum atomic E-state index is 6.16. The van der Waals surface area contributed by atoms with Gasteiger partial charge in [0.15, 0.2) is 17.3 Å². The van der Waals surface area contributed by atoms with E-state index in [0.29, 0.717) is 17.3 Å². The third-order valence-corrected chi connectivity index (χ3v) is 2.93. The maximum absolute atomic E-state index is 6.16. The molecule has 0 saturated heterocycles. The first kappa shape index (κ1) is 13.4. The van der Waals surface area contributed by atoms with Gasteiger partial charge in [-0.25, -0.2) is 4.98 Å². The molecule has 2 rings (SSSR count). The van der Waals surface area contributed by atoms with Gasteiger partial charge in [0.1, 0.15) is 5.82 Å². The SMILES string of the molecule is CCc1nc([C@@H](N)c2ccc(OC)c(OC)c2)n[nH]1. The molecule has 0 radical (unpaired) electrons. The van der Waals surface area contributed by atoms with Crippen molar-refractivity contribution >= 4 is 0 Å². The lowest BCUT2D eigenvalue weighted by atomic mass is 10.1. The highest BCUT2D eigenvalue weighted by molar-refractivity contribution is 5.44. The Kier molecular flexibility index (Phi) is 4.01. The van der Waals surface area contributed by atoms with Gasteiger partial charge in [0.2, 0.25) is 0 Å². The fourth-order valence-electron chi connectivity index (χ4n) is 1.80. The van der Waals surface area contributed by atoms with Crippen molar-refractivity contribution in [2.45, 2.75) is 19.4 Å². The van der Waals surface area contributed by atoms with Crippen LogP contribution in [0.2, 0.25) is 0 Å². The molecular formula is C13H18N4O2. The zero-order valence-corrected chi connectivity index (χ0v) is 11.3. The number of nitrogens with zero attached hydrogens (tertiary/aromatic N) is 2. The molecule has 1 aromatic carbocycles. The van der Waals surface area contributed by atoms with Gasteiger partial charge in [-0.1, -0.05) is 13.0 Å². The molecule has 102 valence electrons. The van der Waals surface area contributed by atoms with Crippen molar-refractivity contribution in [2.75, 3.05) is 14.2 Å². The number of hydrogen-bond donors (Lipinski definition) is 2. The Morgan fingerprint density at radius 1 is 1.26 bits per heavy atom. The van der Waals surface area contributed by atoms with Crippen molar-refractivity contribution in [2.24, 2.45) is 5.73 Å². The van der Waals surface area contributed by atoms with E-state index < -0.39 is 6.04 Å². The number of benzene rings is 1. The molecular weight excluding hydrogens is 244 g/mol. The van der Waals surface area contributed by atoms with E-state index in [4.69, 9.17) is 15.2 Å². The monoisotopic (exact) mass is 262 g/mol. The molecule has 0 bridgehead atoms. The predicted molar refractivity (Wildman–Crippen MR) is 71.3 cm³/mol. The van der Waals surface area contributed by atoms with Crippen LogP contribution in [0.3, 0.4) is 0 Å². The lowest BCUT2D eigenvalue weighted by Crippen LogP contribution is -2.14. The van der Waals surface area contributed by atoms with Gasteiger partial charge in [0.25, 0.3) is 0 Å². The van der Waals surface area contributed by atoms with Crippen molar-refractivity contribution < 1.29 is 9.47 Å². The number of aromatic nitrogens is 3. The number of nitrogens with one attached hydrogen (secondary N) is 1. The van der Waals surface area contributed by atoms with Crippen molar-refractivity contribution in [3.8, 4) is 11.5 Å². The predicted octanol–water partition coefficient (Wildman–Crippen LogP) is 1.43. The summed E-state index contributed by atoms with van der Waals surface area (Å²) in [5, 5.41) is 6.99. The highest BCUT2D eigenvalue weighted by Gasteiger charge is 2.16. The van der Waals surface area contributed by atoms with Crippen LogP contribution >= 0.6 is 0 Å². The summed E-state index contributed by atoms with van der Waals surface area (Å²) in [4.78, 5) is 4.34. The number of aromatic amines is 1. The van der Waals surface area contributed by atoms with E-state index in [-0.39, 0.29) is 0 Å². The van der Waals surface area contributed by atoms with Gasteiger partial charge in [-0.3, -0.25) is 5.10 Å². The molecule has 0 amide bonds. The molecule has 0 unspecified atom stereocenters. The van der Waals surface area contributed by atoms with Crippen LogP contribution in [0.25, 0.3) is 0 Å². The first-order chi connectivity index (χ1) is 9.19. The van der Waals surface area contributed by atoms with Crippen molar-refractivity contribution in [1.82, 2.24) is 15.2 Å². The second-order valence-electron chi connectivity index (χ2n) is 4.09. The van der Waals surface area contributed by atoms with E-state index in [1.54, 1.807) is 14.2 Å². The first-order valence-corrected chi connectivity index (χ1v) is 6.08. The zero-order chi connectivity index (χ0) is 13.8. The minimum Gasteiger partial charge on any atom is -0.493 e. The molecule has 0 spiro atoms. The number of methoxy groups -OCH3 is 2. The van der Waals surface area contributed by atoms with E-state index in [2.05, 4.69) is 15.2 Å². The summed E-state index contributed by atoms with van der Waals surface area (Å²) in [6.07, 6.45) is 0.797. The molecule has 1 heterocycles. The summed E-state index contributed by atoms with van der Waals surface area (Å²) in [7, 11) is 3.19. The van der Waals surface area contributed by atoms with Gasteiger partial charge < -0.3 is 15.2 Å². The van der Waals surface area contributed by atoms with Crippen molar-refractivity contribution in [1.29, 1.82) is 0 Å². The normalized spacial score (nSPS) is 12.2. The number of rotatable bonds is 5. The van der Waals surface area contributed by atoms with Gasteiger partial charge in [-0.2, -0.15) is 5.10 Å². The molecule has 6 nitrogen and oxygen atoms in total. The van der Waals surface area contributed by atoms with E-state index in [1.165, 1.54) is 0 Å². The van der Waals surface area contributed by atoms with Gasteiger partial charge in [0, 0.05) is 6.42 Å². The highest BCUT2D eigenvalue weighted by atomic mass is 16.5. The molecule has 19 heavy (non-hydrogen) atoms. The maximum Gasteiger partial charge on any atom is 0.171 e. The summed E-state index contributed by atoms with van der Waals surface area (Å²) in [5.74, 6) is 2.71. The average Bonchev–Trinajstić information content (AvgIpc) is 2.94. The van der Waals surface area contributed by atoms with Crippen LogP contribution in [-0.4, -0.2) is 29.4 Å². The molecule has 0 saturated carbocycles. The van der Waals surface area contributed by atoms with Crippen molar-refractivity contribution in [3.05, 3.63) is 35.4 Å². The lowest BCUT2D eigenvalue weighted by molar-refractivity contribution is 0.354. The minimum atomic E-state index is -0.392. The Hall–Kier alpha value is -2.08. The van der Waals surface area contributed by atoms with Gasteiger partial charge in [-0.05, 0) is 17.7 Å². The molecule has 1 aromatic heterocycles.